The molecular weight excluding hydrogens is 338 g/mol. The van der Waals surface area contributed by atoms with Crippen LogP contribution < -0.4 is 15.2 Å². The van der Waals surface area contributed by atoms with Gasteiger partial charge in [-0.05, 0) is 46.8 Å². The Morgan fingerprint density at radius 2 is 1.92 bits per heavy atom. The summed E-state index contributed by atoms with van der Waals surface area (Å²) in [5.74, 6) is 1.57. The van der Waals surface area contributed by atoms with Crippen molar-refractivity contribution >= 4 is 21.4 Å². The molecule has 2 aromatic carbocycles. The number of ether oxygens (including phenoxy) is 2. The van der Waals surface area contributed by atoms with Crippen LogP contribution >= 0.6 is 11.3 Å². The third-order valence-corrected chi connectivity index (χ3v) is 5.32. The summed E-state index contributed by atoms with van der Waals surface area (Å²) in [5, 5.41) is 7.33. The van der Waals surface area contributed by atoms with E-state index in [2.05, 4.69) is 34.5 Å². The van der Waals surface area contributed by atoms with Crippen molar-refractivity contribution in [3.63, 3.8) is 0 Å². The SMILES string of the molecule is O=c1[nH]ncn1Cc1cc2cc(-c3ccc4c(c3)OCO4)ccc2s1. The Morgan fingerprint density at radius 1 is 1.08 bits per heavy atom. The predicted octanol–water partition coefficient (Wildman–Crippen LogP) is 3.23. The van der Waals surface area contributed by atoms with Gasteiger partial charge in [-0.15, -0.1) is 11.3 Å². The van der Waals surface area contributed by atoms with E-state index >= 15 is 0 Å². The van der Waals surface area contributed by atoms with E-state index in [0.717, 1.165) is 32.9 Å². The lowest BCUT2D eigenvalue weighted by Crippen LogP contribution is -2.16. The topological polar surface area (TPSA) is 69.1 Å². The first kappa shape index (κ1) is 14.3. The highest BCUT2D eigenvalue weighted by atomic mass is 32.1. The van der Waals surface area contributed by atoms with Crippen molar-refractivity contribution in [2.24, 2.45) is 0 Å². The Bertz CT molecular complexity index is 1140. The Kier molecular flexibility index (Phi) is 3.14. The number of hydrogen-bond acceptors (Lipinski definition) is 5. The zero-order valence-electron chi connectivity index (χ0n) is 13.1. The number of nitrogens with one attached hydrogen (secondary N) is 1. The first-order valence-corrected chi connectivity index (χ1v) is 8.60. The van der Waals surface area contributed by atoms with Gasteiger partial charge in [-0.25, -0.2) is 9.89 Å². The minimum atomic E-state index is -0.196. The summed E-state index contributed by atoms with van der Waals surface area (Å²) in [6, 6.07) is 14.5. The van der Waals surface area contributed by atoms with Gasteiger partial charge in [0.15, 0.2) is 11.5 Å². The number of fused-ring (bicyclic) bond motifs is 2. The maximum Gasteiger partial charge on any atom is 0.343 e. The van der Waals surface area contributed by atoms with E-state index in [1.165, 1.54) is 11.0 Å². The average Bonchev–Trinajstić information content (AvgIpc) is 3.33. The van der Waals surface area contributed by atoms with Gasteiger partial charge in [0.2, 0.25) is 6.79 Å². The van der Waals surface area contributed by atoms with Gasteiger partial charge in [0.05, 0.1) is 6.54 Å². The molecule has 0 amide bonds. The molecule has 3 heterocycles. The summed E-state index contributed by atoms with van der Waals surface area (Å²) in [4.78, 5) is 12.7. The number of aromatic amines is 1. The summed E-state index contributed by atoms with van der Waals surface area (Å²) in [5.41, 5.74) is 2.01. The van der Waals surface area contributed by atoms with Crippen molar-refractivity contribution < 1.29 is 9.47 Å². The van der Waals surface area contributed by atoms with E-state index in [1.807, 2.05) is 18.2 Å². The standard InChI is InChI=1S/C18H13N3O3S/c22-18-20-19-9-21(18)8-14-6-13-5-11(2-4-17(13)25-14)12-1-3-15-16(7-12)24-10-23-15/h1-7,9H,8,10H2,(H,20,22). The van der Waals surface area contributed by atoms with E-state index in [4.69, 9.17) is 9.47 Å². The lowest BCUT2D eigenvalue weighted by Gasteiger charge is -2.03. The van der Waals surface area contributed by atoms with E-state index in [-0.39, 0.29) is 12.5 Å². The second-order valence-corrected chi connectivity index (χ2v) is 6.99. The van der Waals surface area contributed by atoms with Crippen LogP contribution in [-0.2, 0) is 6.54 Å². The second-order valence-electron chi connectivity index (χ2n) is 5.82. The summed E-state index contributed by atoms with van der Waals surface area (Å²) in [7, 11) is 0. The van der Waals surface area contributed by atoms with Crippen LogP contribution in [0.2, 0.25) is 0 Å². The molecule has 1 aliphatic rings. The van der Waals surface area contributed by atoms with Crippen LogP contribution in [0.5, 0.6) is 11.5 Å². The molecule has 0 saturated carbocycles. The summed E-state index contributed by atoms with van der Waals surface area (Å²) < 4.78 is 13.6. The molecule has 4 aromatic rings. The number of H-pyrrole nitrogens is 1. The minimum absolute atomic E-state index is 0.196. The molecule has 1 aliphatic heterocycles. The molecule has 0 radical (unpaired) electrons. The Morgan fingerprint density at radius 3 is 2.80 bits per heavy atom. The summed E-state index contributed by atoms with van der Waals surface area (Å²) >= 11 is 1.68. The number of rotatable bonds is 3. The van der Waals surface area contributed by atoms with Gasteiger partial charge in [0, 0.05) is 9.58 Å². The molecule has 0 saturated heterocycles. The molecule has 7 heteroatoms. The second kappa shape index (κ2) is 5.49. The average molecular weight is 351 g/mol. The Hall–Kier alpha value is -3.06. The highest BCUT2D eigenvalue weighted by Gasteiger charge is 2.14. The van der Waals surface area contributed by atoms with Crippen molar-refractivity contribution in [1.29, 1.82) is 0 Å². The molecule has 0 unspecified atom stereocenters. The van der Waals surface area contributed by atoms with Crippen LogP contribution in [0.25, 0.3) is 21.2 Å². The van der Waals surface area contributed by atoms with Gasteiger partial charge < -0.3 is 9.47 Å². The van der Waals surface area contributed by atoms with Crippen LogP contribution in [0.1, 0.15) is 4.88 Å². The molecule has 5 rings (SSSR count). The van der Waals surface area contributed by atoms with Crippen LogP contribution in [-0.4, -0.2) is 21.6 Å². The van der Waals surface area contributed by atoms with Gasteiger partial charge >= 0.3 is 5.69 Å². The van der Waals surface area contributed by atoms with Gasteiger partial charge in [-0.1, -0.05) is 12.1 Å². The fourth-order valence-electron chi connectivity index (χ4n) is 2.98. The Labute approximate surface area is 146 Å². The van der Waals surface area contributed by atoms with E-state index in [1.54, 1.807) is 15.9 Å². The number of aromatic nitrogens is 3. The zero-order chi connectivity index (χ0) is 16.8. The largest absolute Gasteiger partial charge is 0.454 e. The molecule has 0 aliphatic carbocycles. The lowest BCUT2D eigenvalue weighted by molar-refractivity contribution is 0.174. The number of nitrogens with zero attached hydrogens (tertiary/aromatic N) is 2. The molecule has 2 aromatic heterocycles. The molecule has 25 heavy (non-hydrogen) atoms. The fourth-order valence-corrected chi connectivity index (χ4v) is 4.03. The van der Waals surface area contributed by atoms with Gasteiger partial charge in [-0.2, -0.15) is 5.10 Å². The van der Waals surface area contributed by atoms with Gasteiger partial charge in [-0.3, -0.25) is 4.57 Å². The first-order chi connectivity index (χ1) is 12.3. The van der Waals surface area contributed by atoms with Crippen molar-refractivity contribution in [2.45, 2.75) is 6.54 Å². The normalized spacial score (nSPS) is 12.8. The molecule has 1 N–H and O–H groups in total. The molecule has 0 fully saturated rings. The van der Waals surface area contributed by atoms with E-state index < -0.39 is 0 Å². The van der Waals surface area contributed by atoms with Gasteiger partial charge in [0.25, 0.3) is 0 Å². The fraction of sp³-hybridized carbons (Fsp3) is 0.111. The lowest BCUT2D eigenvalue weighted by atomic mass is 10.0. The molecule has 0 bridgehead atoms. The minimum Gasteiger partial charge on any atom is -0.454 e. The molecule has 6 nitrogen and oxygen atoms in total. The van der Waals surface area contributed by atoms with Crippen molar-refractivity contribution in [3.05, 3.63) is 64.2 Å². The number of thiophene rings is 1. The third kappa shape index (κ3) is 2.49. The summed E-state index contributed by atoms with van der Waals surface area (Å²) in [6.07, 6.45) is 1.52. The maximum absolute atomic E-state index is 11.6. The molecule has 0 atom stereocenters. The van der Waals surface area contributed by atoms with E-state index in [0.29, 0.717) is 6.54 Å². The Balaban J connectivity index is 1.51. The van der Waals surface area contributed by atoms with Crippen molar-refractivity contribution in [1.82, 2.24) is 14.8 Å². The maximum atomic E-state index is 11.6. The molecule has 124 valence electrons. The van der Waals surface area contributed by atoms with Crippen molar-refractivity contribution in [2.75, 3.05) is 6.79 Å². The number of hydrogen-bond donors (Lipinski definition) is 1. The van der Waals surface area contributed by atoms with Crippen LogP contribution in [0.4, 0.5) is 0 Å². The predicted molar refractivity (Wildman–Crippen MR) is 95.3 cm³/mol. The smallest absolute Gasteiger partial charge is 0.343 e. The molecular formula is C18H13N3O3S. The highest BCUT2D eigenvalue weighted by Crippen LogP contribution is 2.37. The van der Waals surface area contributed by atoms with Crippen molar-refractivity contribution in [3.8, 4) is 22.6 Å². The highest BCUT2D eigenvalue weighted by molar-refractivity contribution is 7.19. The van der Waals surface area contributed by atoms with Crippen LogP contribution in [0.3, 0.4) is 0 Å². The van der Waals surface area contributed by atoms with Crippen LogP contribution in [0, 0.1) is 0 Å². The summed E-state index contributed by atoms with van der Waals surface area (Å²) in [6.45, 7) is 0.799. The zero-order valence-corrected chi connectivity index (χ0v) is 13.9. The quantitative estimate of drug-likeness (QED) is 0.615. The van der Waals surface area contributed by atoms with Crippen LogP contribution in [0.15, 0.2) is 53.6 Å². The monoisotopic (exact) mass is 351 g/mol. The molecule has 0 spiro atoms. The van der Waals surface area contributed by atoms with Gasteiger partial charge in [0.1, 0.15) is 6.33 Å². The number of benzene rings is 2. The first-order valence-electron chi connectivity index (χ1n) is 7.78. The van der Waals surface area contributed by atoms with E-state index in [9.17, 15) is 4.79 Å². The third-order valence-electron chi connectivity index (χ3n) is 4.22.